The Bertz CT molecular complexity index is 1060. The first-order valence-electron chi connectivity index (χ1n) is 9.33. The lowest BCUT2D eigenvalue weighted by atomic mass is 9.85. The lowest BCUT2D eigenvalue weighted by Crippen LogP contribution is -2.24. The topological polar surface area (TPSA) is 70.7 Å². The molecular formula is C21H19F3N4O. The van der Waals surface area contributed by atoms with Gasteiger partial charge in [-0.25, -0.2) is 0 Å². The molecule has 0 saturated carbocycles. The van der Waals surface area contributed by atoms with Crippen molar-refractivity contribution in [3.63, 3.8) is 0 Å². The van der Waals surface area contributed by atoms with Gasteiger partial charge in [0.2, 0.25) is 0 Å². The first-order valence-corrected chi connectivity index (χ1v) is 9.33. The van der Waals surface area contributed by atoms with Crippen LogP contribution in [-0.4, -0.2) is 27.3 Å². The maximum atomic E-state index is 12.9. The molecule has 150 valence electrons. The number of carbonyl (C=O) groups excluding carboxylic acids is 1. The van der Waals surface area contributed by atoms with Crippen LogP contribution in [0.25, 0.3) is 16.5 Å². The van der Waals surface area contributed by atoms with Crippen molar-refractivity contribution >= 4 is 22.4 Å². The standard InChI is InChI=1S/C21H19F3N4O/c22-21(23,24)16-6-4-13(5-7-16)18-3-1-2-14-10-15(11-25-19(14)18)20(29)26-12-17-8-9-27-28-17/h1-4,8-11,16H,5-7,12H2,(H,26,29)(H,27,28)/t16-/m0/s1. The quantitative estimate of drug-likeness (QED) is 0.671. The summed E-state index contributed by atoms with van der Waals surface area (Å²) in [5, 5.41) is 10.2. The fourth-order valence-corrected chi connectivity index (χ4v) is 3.58. The lowest BCUT2D eigenvalue weighted by Gasteiger charge is -2.24. The number of aromatic nitrogens is 3. The van der Waals surface area contributed by atoms with Gasteiger partial charge in [0.25, 0.3) is 5.91 Å². The number of hydrogen-bond acceptors (Lipinski definition) is 3. The zero-order valence-electron chi connectivity index (χ0n) is 15.5. The first kappa shape index (κ1) is 19.2. The number of alkyl halides is 3. The SMILES string of the molecule is O=C(NCc1ccn[nH]1)c1cnc2c(C3=CC[C@H](C(F)(F)F)CC3)cccc2c1. The average molecular weight is 400 g/mol. The second-order valence-corrected chi connectivity index (χ2v) is 7.11. The van der Waals surface area contributed by atoms with E-state index in [0.29, 0.717) is 24.0 Å². The molecule has 4 rings (SSSR count). The van der Waals surface area contributed by atoms with Crippen LogP contribution in [0.3, 0.4) is 0 Å². The molecule has 2 N–H and O–H groups in total. The Morgan fingerprint density at radius 2 is 2.14 bits per heavy atom. The van der Waals surface area contributed by atoms with Gasteiger partial charge < -0.3 is 5.32 Å². The van der Waals surface area contributed by atoms with E-state index in [1.807, 2.05) is 18.2 Å². The largest absolute Gasteiger partial charge is 0.392 e. The van der Waals surface area contributed by atoms with E-state index in [1.165, 1.54) is 6.20 Å². The number of pyridine rings is 1. The third-order valence-corrected chi connectivity index (χ3v) is 5.19. The maximum absolute atomic E-state index is 12.9. The molecule has 3 aromatic rings. The van der Waals surface area contributed by atoms with E-state index in [2.05, 4.69) is 20.5 Å². The summed E-state index contributed by atoms with van der Waals surface area (Å²) < 4.78 is 38.7. The molecule has 1 aliphatic rings. The summed E-state index contributed by atoms with van der Waals surface area (Å²) in [6, 6.07) is 9.07. The van der Waals surface area contributed by atoms with Crippen LogP contribution in [0.5, 0.6) is 0 Å². The van der Waals surface area contributed by atoms with Gasteiger partial charge in [0.05, 0.1) is 29.2 Å². The molecular weight excluding hydrogens is 381 g/mol. The summed E-state index contributed by atoms with van der Waals surface area (Å²) in [6.45, 7) is 0.324. The van der Waals surface area contributed by atoms with Crippen LogP contribution in [0.15, 0.2) is 48.8 Å². The molecule has 2 aromatic heterocycles. The highest BCUT2D eigenvalue weighted by Gasteiger charge is 2.39. The molecule has 0 aliphatic heterocycles. The van der Waals surface area contributed by atoms with Crippen LogP contribution >= 0.6 is 0 Å². The molecule has 1 aromatic carbocycles. The molecule has 0 radical (unpaired) electrons. The minimum atomic E-state index is -4.16. The number of rotatable bonds is 4. The van der Waals surface area contributed by atoms with E-state index >= 15 is 0 Å². The molecule has 8 heteroatoms. The van der Waals surface area contributed by atoms with Crippen molar-refractivity contribution in [2.45, 2.75) is 32.0 Å². The van der Waals surface area contributed by atoms with Crippen LogP contribution in [0.4, 0.5) is 13.2 Å². The number of H-pyrrole nitrogens is 1. The van der Waals surface area contributed by atoms with E-state index in [4.69, 9.17) is 0 Å². The monoisotopic (exact) mass is 400 g/mol. The van der Waals surface area contributed by atoms with Gasteiger partial charge in [-0.3, -0.25) is 14.9 Å². The molecule has 0 unspecified atom stereocenters. The Morgan fingerprint density at radius 1 is 1.28 bits per heavy atom. The van der Waals surface area contributed by atoms with Gasteiger partial charge in [-0.15, -0.1) is 0 Å². The molecule has 0 saturated heterocycles. The van der Waals surface area contributed by atoms with Crippen molar-refractivity contribution in [3.8, 4) is 0 Å². The summed E-state index contributed by atoms with van der Waals surface area (Å²) in [5.41, 5.74) is 3.60. The maximum Gasteiger partial charge on any atom is 0.392 e. The number of nitrogens with zero attached hydrogens (tertiary/aromatic N) is 2. The number of nitrogens with one attached hydrogen (secondary N) is 2. The van der Waals surface area contributed by atoms with Gasteiger partial charge >= 0.3 is 6.18 Å². The van der Waals surface area contributed by atoms with Gasteiger partial charge in [0.15, 0.2) is 0 Å². The van der Waals surface area contributed by atoms with Crippen molar-refractivity contribution in [2.75, 3.05) is 0 Å². The van der Waals surface area contributed by atoms with Crippen LogP contribution in [0, 0.1) is 5.92 Å². The van der Waals surface area contributed by atoms with Crippen LogP contribution in [0.1, 0.15) is 40.9 Å². The zero-order valence-corrected chi connectivity index (χ0v) is 15.5. The Balaban J connectivity index is 1.55. The Morgan fingerprint density at radius 3 is 2.83 bits per heavy atom. The summed E-state index contributed by atoms with van der Waals surface area (Å²) in [4.78, 5) is 16.8. The lowest BCUT2D eigenvalue weighted by molar-refractivity contribution is -0.175. The molecule has 1 aliphatic carbocycles. The number of fused-ring (bicyclic) bond motifs is 1. The summed E-state index contributed by atoms with van der Waals surface area (Å²) in [5.74, 6) is -1.54. The van der Waals surface area contributed by atoms with E-state index in [0.717, 1.165) is 22.2 Å². The van der Waals surface area contributed by atoms with Gasteiger partial charge in [-0.2, -0.15) is 18.3 Å². The summed E-state index contributed by atoms with van der Waals surface area (Å²) >= 11 is 0. The Hall–Kier alpha value is -3.16. The molecule has 0 bridgehead atoms. The van der Waals surface area contributed by atoms with Crippen molar-refractivity contribution in [2.24, 2.45) is 5.92 Å². The number of amides is 1. The van der Waals surface area contributed by atoms with E-state index in [1.54, 1.807) is 24.4 Å². The highest BCUT2D eigenvalue weighted by atomic mass is 19.4. The fourth-order valence-electron chi connectivity index (χ4n) is 3.58. The number of para-hydroxylation sites is 1. The first-order chi connectivity index (χ1) is 13.9. The van der Waals surface area contributed by atoms with Gasteiger partial charge in [-0.1, -0.05) is 24.3 Å². The molecule has 5 nitrogen and oxygen atoms in total. The minimum absolute atomic E-state index is 0.0106. The molecule has 0 spiro atoms. The number of carbonyl (C=O) groups is 1. The smallest absolute Gasteiger partial charge is 0.346 e. The average Bonchev–Trinajstić information content (AvgIpc) is 3.24. The fraction of sp³-hybridized carbons (Fsp3) is 0.286. The Labute approximate surface area is 165 Å². The van der Waals surface area contributed by atoms with E-state index in [-0.39, 0.29) is 18.7 Å². The predicted molar refractivity (Wildman–Crippen MR) is 103 cm³/mol. The second kappa shape index (κ2) is 7.69. The zero-order chi connectivity index (χ0) is 20.4. The number of hydrogen-bond donors (Lipinski definition) is 2. The highest BCUT2D eigenvalue weighted by Crippen LogP contribution is 2.40. The normalized spacial score (nSPS) is 17.2. The Kier molecular flexibility index (Phi) is 5.08. The minimum Gasteiger partial charge on any atom is -0.346 e. The predicted octanol–water partition coefficient (Wildman–Crippen LogP) is 4.63. The summed E-state index contributed by atoms with van der Waals surface area (Å²) in [7, 11) is 0. The van der Waals surface area contributed by atoms with Gasteiger partial charge in [0, 0.05) is 23.3 Å². The molecule has 2 heterocycles. The van der Waals surface area contributed by atoms with Crippen molar-refractivity contribution < 1.29 is 18.0 Å². The van der Waals surface area contributed by atoms with E-state index in [9.17, 15) is 18.0 Å². The van der Waals surface area contributed by atoms with Gasteiger partial charge in [-0.05, 0) is 37.0 Å². The van der Waals surface area contributed by atoms with E-state index < -0.39 is 12.1 Å². The second-order valence-electron chi connectivity index (χ2n) is 7.11. The highest BCUT2D eigenvalue weighted by molar-refractivity contribution is 5.99. The summed E-state index contributed by atoms with van der Waals surface area (Å²) in [6.07, 6.45) is 1.05. The third kappa shape index (κ3) is 4.16. The number of allylic oxidation sites excluding steroid dienone is 2. The van der Waals surface area contributed by atoms with Crippen LogP contribution in [-0.2, 0) is 6.54 Å². The number of aromatic amines is 1. The van der Waals surface area contributed by atoms with Crippen molar-refractivity contribution in [1.82, 2.24) is 20.5 Å². The third-order valence-electron chi connectivity index (χ3n) is 5.19. The molecule has 0 fully saturated rings. The molecule has 29 heavy (non-hydrogen) atoms. The molecule has 1 amide bonds. The number of benzene rings is 1. The van der Waals surface area contributed by atoms with Crippen molar-refractivity contribution in [1.29, 1.82) is 0 Å². The van der Waals surface area contributed by atoms with Crippen molar-refractivity contribution in [3.05, 3.63) is 65.6 Å². The number of halogens is 3. The molecule has 1 atom stereocenters. The van der Waals surface area contributed by atoms with Gasteiger partial charge in [0.1, 0.15) is 0 Å². The van der Waals surface area contributed by atoms with Crippen LogP contribution < -0.4 is 5.32 Å². The van der Waals surface area contributed by atoms with Crippen LogP contribution in [0.2, 0.25) is 0 Å².